The van der Waals surface area contributed by atoms with Crippen LogP contribution in [0, 0.1) is 35.5 Å². The van der Waals surface area contributed by atoms with Gasteiger partial charge in [0.05, 0.1) is 17.8 Å². The van der Waals surface area contributed by atoms with Crippen molar-refractivity contribution in [1.29, 1.82) is 5.26 Å². The second-order valence-corrected chi connectivity index (χ2v) is 10.3. The Morgan fingerprint density at radius 3 is 2.38 bits per heavy atom. The van der Waals surface area contributed by atoms with E-state index in [4.69, 9.17) is 4.74 Å². The third-order valence-electron chi connectivity index (χ3n) is 4.61. The first-order valence-corrected chi connectivity index (χ1v) is 12.7. The number of ether oxygens (including phenoxy) is 1. The molecule has 0 atom stereocenters. The Balaban J connectivity index is 1.77. The topological polar surface area (TPSA) is 105 Å². The van der Waals surface area contributed by atoms with Crippen molar-refractivity contribution in [2.75, 3.05) is 5.32 Å². The minimum absolute atomic E-state index is 0.106. The highest BCUT2D eigenvalue weighted by Crippen LogP contribution is 2.31. The third-order valence-corrected chi connectivity index (χ3v) is 6.87. The molecule has 0 saturated carbocycles. The molecule has 0 fully saturated rings. The first-order chi connectivity index (χ1) is 16.2. The van der Waals surface area contributed by atoms with Crippen LogP contribution in [0.1, 0.15) is 16.7 Å². The summed E-state index contributed by atoms with van der Waals surface area (Å²) in [6.45, 7) is 2.46. The van der Waals surface area contributed by atoms with Crippen molar-refractivity contribution in [2.24, 2.45) is 0 Å². The van der Waals surface area contributed by atoms with Crippen LogP contribution in [0.2, 0.25) is 0 Å². The molecule has 1 N–H and O–H groups in total. The van der Waals surface area contributed by atoms with Crippen molar-refractivity contribution < 1.29 is 14.5 Å². The van der Waals surface area contributed by atoms with Gasteiger partial charge < -0.3 is 10.1 Å². The fourth-order valence-electron chi connectivity index (χ4n) is 2.86. The number of benzene rings is 3. The van der Waals surface area contributed by atoms with Gasteiger partial charge in [-0.25, -0.2) is 0 Å². The van der Waals surface area contributed by atoms with Gasteiger partial charge in [-0.05, 0) is 103 Å². The van der Waals surface area contributed by atoms with Gasteiger partial charge in [0.25, 0.3) is 11.6 Å². The molecule has 10 heteroatoms. The summed E-state index contributed by atoms with van der Waals surface area (Å²) in [7, 11) is 0. The van der Waals surface area contributed by atoms with E-state index in [2.05, 4.69) is 66.4 Å². The standard InChI is InChI=1S/C24H16BrI2N3O4/c1-14-2-4-15(5-3-14)13-34-23-20(26)9-16(10-21(23)27)8-17(12-28)24(31)29-22-7-6-18(30(32)33)11-19(22)25/h2-11H,13H2,1H3,(H,29,31)/b17-8+. The Kier molecular flexibility index (Phi) is 9.03. The number of nitrogens with one attached hydrogen (secondary N) is 1. The van der Waals surface area contributed by atoms with Gasteiger partial charge in [0, 0.05) is 16.6 Å². The maximum atomic E-state index is 12.7. The predicted octanol–water partition coefficient (Wildman–Crippen LogP) is 7.00. The van der Waals surface area contributed by atoms with E-state index in [0.717, 1.165) is 18.5 Å². The number of nitriles is 1. The molecular formula is C24H16BrI2N3O4. The van der Waals surface area contributed by atoms with Crippen LogP contribution in [-0.4, -0.2) is 10.8 Å². The zero-order valence-electron chi connectivity index (χ0n) is 17.6. The van der Waals surface area contributed by atoms with Crippen LogP contribution in [0.4, 0.5) is 11.4 Å². The lowest BCUT2D eigenvalue weighted by atomic mass is 10.1. The first kappa shape index (κ1) is 26.1. The number of nitro groups is 1. The monoisotopic (exact) mass is 743 g/mol. The van der Waals surface area contributed by atoms with E-state index in [9.17, 15) is 20.2 Å². The number of nitro benzene ring substituents is 1. The lowest BCUT2D eigenvalue weighted by molar-refractivity contribution is -0.384. The molecule has 0 aromatic heterocycles. The molecule has 172 valence electrons. The van der Waals surface area contributed by atoms with Crippen molar-refractivity contribution in [3.63, 3.8) is 0 Å². The molecule has 3 aromatic carbocycles. The van der Waals surface area contributed by atoms with E-state index in [1.165, 1.54) is 29.8 Å². The fraction of sp³-hybridized carbons (Fsp3) is 0.0833. The van der Waals surface area contributed by atoms with E-state index in [-0.39, 0.29) is 11.3 Å². The summed E-state index contributed by atoms with van der Waals surface area (Å²) < 4.78 is 8.04. The van der Waals surface area contributed by atoms with Gasteiger partial charge in [0.2, 0.25) is 0 Å². The van der Waals surface area contributed by atoms with Crippen LogP contribution in [0.3, 0.4) is 0 Å². The smallest absolute Gasteiger partial charge is 0.270 e. The van der Waals surface area contributed by atoms with Crippen molar-refractivity contribution >= 4 is 84.5 Å². The molecule has 34 heavy (non-hydrogen) atoms. The van der Waals surface area contributed by atoms with Crippen molar-refractivity contribution in [3.05, 3.63) is 98.6 Å². The highest BCUT2D eigenvalue weighted by atomic mass is 127. The zero-order chi connectivity index (χ0) is 24.8. The molecule has 0 bridgehead atoms. The summed E-state index contributed by atoms with van der Waals surface area (Å²) >= 11 is 7.53. The summed E-state index contributed by atoms with van der Waals surface area (Å²) in [6.07, 6.45) is 1.49. The largest absolute Gasteiger partial charge is 0.487 e. The van der Waals surface area contributed by atoms with Crippen LogP contribution >= 0.6 is 61.1 Å². The lowest BCUT2D eigenvalue weighted by Crippen LogP contribution is -2.14. The second-order valence-electron chi connectivity index (χ2n) is 7.13. The molecule has 0 saturated heterocycles. The normalized spacial score (nSPS) is 11.0. The number of halogens is 3. The molecule has 0 spiro atoms. The number of nitrogens with zero attached hydrogens (tertiary/aromatic N) is 2. The summed E-state index contributed by atoms with van der Waals surface area (Å²) in [6, 6.07) is 17.7. The van der Waals surface area contributed by atoms with Gasteiger partial charge in [0.1, 0.15) is 24.0 Å². The summed E-state index contributed by atoms with van der Waals surface area (Å²) in [5, 5.41) is 23.0. The molecule has 0 unspecified atom stereocenters. The minimum atomic E-state index is -0.623. The van der Waals surface area contributed by atoms with E-state index in [0.29, 0.717) is 22.3 Å². The molecule has 0 aliphatic heterocycles. The number of carbonyl (C=O) groups excluding carboxylic acids is 1. The molecule has 3 aromatic rings. The Labute approximate surface area is 231 Å². The van der Waals surface area contributed by atoms with E-state index in [1.807, 2.05) is 49.4 Å². The number of anilines is 1. The molecule has 0 radical (unpaired) electrons. The lowest BCUT2D eigenvalue weighted by Gasteiger charge is -2.12. The number of amides is 1. The number of aryl methyl sites for hydroxylation is 1. The Morgan fingerprint density at radius 2 is 1.82 bits per heavy atom. The van der Waals surface area contributed by atoms with Gasteiger partial charge in [-0.3, -0.25) is 14.9 Å². The highest BCUT2D eigenvalue weighted by molar-refractivity contribution is 14.1. The van der Waals surface area contributed by atoms with Gasteiger partial charge in [-0.1, -0.05) is 29.8 Å². The van der Waals surface area contributed by atoms with Gasteiger partial charge in [0.15, 0.2) is 0 Å². The number of rotatable bonds is 7. The molecule has 7 nitrogen and oxygen atoms in total. The number of hydrogen-bond donors (Lipinski definition) is 1. The Morgan fingerprint density at radius 1 is 1.18 bits per heavy atom. The average Bonchev–Trinajstić information content (AvgIpc) is 2.79. The highest BCUT2D eigenvalue weighted by Gasteiger charge is 2.15. The van der Waals surface area contributed by atoms with Crippen molar-refractivity contribution in [1.82, 2.24) is 0 Å². The Bertz CT molecular complexity index is 1310. The minimum Gasteiger partial charge on any atom is -0.487 e. The molecular weight excluding hydrogens is 728 g/mol. The maximum absolute atomic E-state index is 12.7. The molecule has 0 heterocycles. The molecule has 0 aliphatic rings. The summed E-state index contributed by atoms with van der Waals surface area (Å²) in [4.78, 5) is 23.0. The van der Waals surface area contributed by atoms with E-state index >= 15 is 0 Å². The van der Waals surface area contributed by atoms with Gasteiger partial charge >= 0.3 is 0 Å². The van der Waals surface area contributed by atoms with Crippen molar-refractivity contribution in [2.45, 2.75) is 13.5 Å². The molecule has 0 aliphatic carbocycles. The number of hydrogen-bond acceptors (Lipinski definition) is 5. The van der Waals surface area contributed by atoms with Crippen LogP contribution in [0.25, 0.3) is 6.08 Å². The van der Waals surface area contributed by atoms with Crippen LogP contribution in [0.15, 0.2) is 64.6 Å². The van der Waals surface area contributed by atoms with Crippen molar-refractivity contribution in [3.8, 4) is 11.8 Å². The molecule has 1 amide bonds. The Hall–Kier alpha value is -2.50. The predicted molar refractivity (Wildman–Crippen MR) is 150 cm³/mol. The number of non-ortho nitro benzene ring substituents is 1. The van der Waals surface area contributed by atoms with Gasteiger partial charge in [-0.15, -0.1) is 0 Å². The van der Waals surface area contributed by atoms with Crippen LogP contribution in [-0.2, 0) is 11.4 Å². The zero-order valence-corrected chi connectivity index (χ0v) is 23.5. The SMILES string of the molecule is Cc1ccc(COc2c(I)cc(/C=C(\C#N)C(=O)Nc3ccc([N+](=O)[O-])cc3Br)cc2I)cc1. The second kappa shape index (κ2) is 11.8. The molecule has 3 rings (SSSR count). The maximum Gasteiger partial charge on any atom is 0.270 e. The van der Waals surface area contributed by atoms with Crippen LogP contribution in [0.5, 0.6) is 5.75 Å². The average molecular weight is 744 g/mol. The van der Waals surface area contributed by atoms with E-state index < -0.39 is 10.8 Å². The van der Waals surface area contributed by atoms with Crippen LogP contribution < -0.4 is 10.1 Å². The van der Waals surface area contributed by atoms with E-state index in [1.54, 1.807) is 0 Å². The first-order valence-electron chi connectivity index (χ1n) is 9.72. The summed E-state index contributed by atoms with van der Waals surface area (Å²) in [5.41, 5.74) is 3.01. The fourth-order valence-corrected chi connectivity index (χ4v) is 5.46. The quantitative estimate of drug-likeness (QED) is 0.0923. The van der Waals surface area contributed by atoms with Gasteiger partial charge in [-0.2, -0.15) is 5.26 Å². The summed E-state index contributed by atoms with van der Waals surface area (Å²) in [5.74, 6) is 0.110. The third kappa shape index (κ3) is 6.77. The number of carbonyl (C=O) groups is 1.